The van der Waals surface area contributed by atoms with Gasteiger partial charge in [0.25, 0.3) is 0 Å². The first-order valence-electron chi connectivity index (χ1n) is 8.19. The Morgan fingerprint density at radius 2 is 1.48 bits per heavy atom. The minimum Gasteiger partial charge on any atom is -0.494 e. The first-order chi connectivity index (χ1) is 12.2. The summed E-state index contributed by atoms with van der Waals surface area (Å²) in [6.45, 7) is 3.78. The van der Waals surface area contributed by atoms with Crippen LogP contribution in [0.1, 0.15) is 6.92 Å². The topological polar surface area (TPSA) is 68.8 Å². The standard InChI is InChI=1S/C19H24N2O4/c1-3-24-17-10-6-16(7-11-17)21-19(22)14-20-15-4-8-18(9-5-15)25-13-12-23-2/h4-11,20H,3,12-14H2,1-2H3,(H,21,22). The summed E-state index contributed by atoms with van der Waals surface area (Å²) in [5, 5.41) is 5.91. The van der Waals surface area contributed by atoms with Crippen LogP contribution >= 0.6 is 0 Å². The van der Waals surface area contributed by atoms with Crippen molar-refractivity contribution < 1.29 is 19.0 Å². The third-order valence-corrected chi connectivity index (χ3v) is 3.31. The van der Waals surface area contributed by atoms with Crippen molar-refractivity contribution >= 4 is 17.3 Å². The largest absolute Gasteiger partial charge is 0.494 e. The van der Waals surface area contributed by atoms with Gasteiger partial charge in [0.1, 0.15) is 18.1 Å². The summed E-state index contributed by atoms with van der Waals surface area (Å²) >= 11 is 0. The van der Waals surface area contributed by atoms with Gasteiger partial charge in [-0.15, -0.1) is 0 Å². The SMILES string of the molecule is CCOc1ccc(NC(=O)CNc2ccc(OCCOC)cc2)cc1. The molecule has 0 heterocycles. The van der Waals surface area contributed by atoms with E-state index in [4.69, 9.17) is 14.2 Å². The highest BCUT2D eigenvalue weighted by Gasteiger charge is 2.03. The van der Waals surface area contributed by atoms with E-state index in [1.54, 1.807) is 7.11 Å². The molecule has 0 aromatic heterocycles. The minimum absolute atomic E-state index is 0.121. The Kier molecular flexibility index (Phi) is 7.59. The quantitative estimate of drug-likeness (QED) is 0.648. The van der Waals surface area contributed by atoms with Crippen molar-refractivity contribution in [2.45, 2.75) is 6.92 Å². The Bertz CT molecular complexity index is 641. The molecule has 0 atom stereocenters. The molecule has 2 aromatic rings. The molecule has 0 spiro atoms. The maximum Gasteiger partial charge on any atom is 0.243 e. The van der Waals surface area contributed by atoms with Crippen LogP contribution in [0.2, 0.25) is 0 Å². The Morgan fingerprint density at radius 1 is 0.880 bits per heavy atom. The monoisotopic (exact) mass is 344 g/mol. The molecule has 0 saturated heterocycles. The molecule has 0 radical (unpaired) electrons. The summed E-state index contributed by atoms with van der Waals surface area (Å²) < 4.78 is 15.8. The van der Waals surface area contributed by atoms with E-state index in [-0.39, 0.29) is 12.5 Å². The Labute approximate surface area is 148 Å². The number of benzene rings is 2. The maximum atomic E-state index is 12.0. The van der Waals surface area contributed by atoms with Gasteiger partial charge in [-0.25, -0.2) is 0 Å². The van der Waals surface area contributed by atoms with Gasteiger partial charge in [-0.05, 0) is 55.5 Å². The number of methoxy groups -OCH3 is 1. The first-order valence-corrected chi connectivity index (χ1v) is 8.19. The van der Waals surface area contributed by atoms with Gasteiger partial charge < -0.3 is 24.8 Å². The molecule has 0 fully saturated rings. The van der Waals surface area contributed by atoms with E-state index in [1.807, 2.05) is 55.5 Å². The minimum atomic E-state index is -0.121. The Morgan fingerprint density at radius 3 is 2.08 bits per heavy atom. The Hall–Kier alpha value is -2.73. The molecule has 2 N–H and O–H groups in total. The van der Waals surface area contributed by atoms with E-state index in [9.17, 15) is 4.79 Å². The van der Waals surface area contributed by atoms with E-state index in [2.05, 4.69) is 10.6 Å². The number of carbonyl (C=O) groups is 1. The van der Waals surface area contributed by atoms with Crippen molar-refractivity contribution in [3.63, 3.8) is 0 Å². The van der Waals surface area contributed by atoms with E-state index in [0.717, 1.165) is 22.9 Å². The van der Waals surface area contributed by atoms with Gasteiger partial charge in [-0.3, -0.25) is 4.79 Å². The van der Waals surface area contributed by atoms with Crippen molar-refractivity contribution in [2.75, 3.05) is 44.1 Å². The summed E-state index contributed by atoms with van der Waals surface area (Å²) in [5.41, 5.74) is 1.58. The molecule has 6 nitrogen and oxygen atoms in total. The number of rotatable bonds is 10. The smallest absolute Gasteiger partial charge is 0.243 e. The molecule has 0 aliphatic heterocycles. The van der Waals surface area contributed by atoms with Crippen molar-refractivity contribution in [1.82, 2.24) is 0 Å². The number of carbonyl (C=O) groups excluding carboxylic acids is 1. The van der Waals surface area contributed by atoms with Gasteiger partial charge in [-0.1, -0.05) is 0 Å². The van der Waals surface area contributed by atoms with Crippen LogP contribution < -0.4 is 20.1 Å². The molecule has 25 heavy (non-hydrogen) atoms. The number of ether oxygens (including phenoxy) is 3. The average Bonchev–Trinajstić information content (AvgIpc) is 2.63. The fourth-order valence-electron chi connectivity index (χ4n) is 2.10. The number of nitrogens with one attached hydrogen (secondary N) is 2. The Balaban J connectivity index is 1.75. The highest BCUT2D eigenvalue weighted by molar-refractivity contribution is 5.93. The zero-order chi connectivity index (χ0) is 17.9. The van der Waals surface area contributed by atoms with E-state index >= 15 is 0 Å². The molecule has 2 aromatic carbocycles. The molecule has 134 valence electrons. The van der Waals surface area contributed by atoms with Crippen molar-refractivity contribution in [3.8, 4) is 11.5 Å². The lowest BCUT2D eigenvalue weighted by molar-refractivity contribution is -0.114. The van der Waals surface area contributed by atoms with Gasteiger partial charge >= 0.3 is 0 Å². The lowest BCUT2D eigenvalue weighted by Crippen LogP contribution is -2.21. The van der Waals surface area contributed by atoms with Crippen LogP contribution in [0, 0.1) is 0 Å². The molecule has 2 rings (SSSR count). The zero-order valence-corrected chi connectivity index (χ0v) is 14.6. The van der Waals surface area contributed by atoms with E-state index in [0.29, 0.717) is 19.8 Å². The highest BCUT2D eigenvalue weighted by Crippen LogP contribution is 2.17. The lowest BCUT2D eigenvalue weighted by Gasteiger charge is -2.10. The van der Waals surface area contributed by atoms with Crippen molar-refractivity contribution in [2.24, 2.45) is 0 Å². The van der Waals surface area contributed by atoms with Gasteiger partial charge in [0.15, 0.2) is 0 Å². The van der Waals surface area contributed by atoms with E-state index in [1.165, 1.54) is 0 Å². The van der Waals surface area contributed by atoms with Crippen LogP contribution in [0.25, 0.3) is 0 Å². The highest BCUT2D eigenvalue weighted by atomic mass is 16.5. The summed E-state index contributed by atoms with van der Waals surface area (Å²) in [7, 11) is 1.63. The van der Waals surface area contributed by atoms with Gasteiger partial charge in [0.2, 0.25) is 5.91 Å². The predicted octanol–water partition coefficient (Wildman–Crippen LogP) is 3.16. The van der Waals surface area contributed by atoms with Crippen LogP contribution in [-0.4, -0.2) is 39.4 Å². The zero-order valence-electron chi connectivity index (χ0n) is 14.6. The first kappa shape index (κ1) is 18.6. The van der Waals surface area contributed by atoms with Crippen LogP contribution in [0.15, 0.2) is 48.5 Å². The normalized spacial score (nSPS) is 10.2. The second-order valence-electron chi connectivity index (χ2n) is 5.22. The van der Waals surface area contributed by atoms with Crippen LogP contribution in [0.5, 0.6) is 11.5 Å². The van der Waals surface area contributed by atoms with Crippen LogP contribution in [-0.2, 0) is 9.53 Å². The molecular weight excluding hydrogens is 320 g/mol. The number of hydrogen-bond donors (Lipinski definition) is 2. The maximum absolute atomic E-state index is 12.0. The second kappa shape index (κ2) is 10.2. The molecular formula is C19H24N2O4. The third-order valence-electron chi connectivity index (χ3n) is 3.31. The molecule has 0 saturated carbocycles. The van der Waals surface area contributed by atoms with Crippen molar-refractivity contribution in [3.05, 3.63) is 48.5 Å². The predicted molar refractivity (Wildman–Crippen MR) is 98.5 cm³/mol. The van der Waals surface area contributed by atoms with Gasteiger partial charge in [0.05, 0.1) is 19.8 Å². The third kappa shape index (κ3) is 6.73. The fourth-order valence-corrected chi connectivity index (χ4v) is 2.10. The fraction of sp³-hybridized carbons (Fsp3) is 0.316. The number of amides is 1. The second-order valence-corrected chi connectivity index (χ2v) is 5.22. The van der Waals surface area contributed by atoms with Crippen molar-refractivity contribution in [1.29, 1.82) is 0 Å². The average molecular weight is 344 g/mol. The molecule has 0 aliphatic rings. The molecule has 6 heteroatoms. The van der Waals surface area contributed by atoms with Gasteiger partial charge in [-0.2, -0.15) is 0 Å². The van der Waals surface area contributed by atoms with E-state index < -0.39 is 0 Å². The summed E-state index contributed by atoms with van der Waals surface area (Å²) in [4.78, 5) is 12.0. The van der Waals surface area contributed by atoms with Gasteiger partial charge in [0, 0.05) is 18.5 Å². The molecule has 1 amide bonds. The molecule has 0 unspecified atom stereocenters. The summed E-state index contributed by atoms with van der Waals surface area (Å²) in [5.74, 6) is 1.43. The lowest BCUT2D eigenvalue weighted by atomic mass is 10.3. The van der Waals surface area contributed by atoms with Crippen LogP contribution in [0.4, 0.5) is 11.4 Å². The number of anilines is 2. The summed E-state index contributed by atoms with van der Waals surface area (Å²) in [6, 6.07) is 14.7. The molecule has 0 bridgehead atoms. The summed E-state index contributed by atoms with van der Waals surface area (Å²) in [6.07, 6.45) is 0. The molecule has 0 aliphatic carbocycles. The number of hydrogen-bond acceptors (Lipinski definition) is 5. The van der Waals surface area contributed by atoms with Crippen LogP contribution in [0.3, 0.4) is 0 Å².